The SMILES string of the molecule is CCCc1cc(C(=O)NC2CCC(CC)C2C)cc(N)n1. The summed E-state index contributed by atoms with van der Waals surface area (Å²) in [6.45, 7) is 6.57. The molecule has 1 amide bonds. The summed E-state index contributed by atoms with van der Waals surface area (Å²) >= 11 is 0. The first-order valence-corrected chi connectivity index (χ1v) is 8.12. The van der Waals surface area contributed by atoms with Crippen molar-refractivity contribution in [3.63, 3.8) is 0 Å². The summed E-state index contributed by atoms with van der Waals surface area (Å²) in [5.74, 6) is 1.69. The van der Waals surface area contributed by atoms with Crippen molar-refractivity contribution >= 4 is 11.7 Å². The molecule has 1 aromatic heterocycles. The maximum atomic E-state index is 12.5. The summed E-state index contributed by atoms with van der Waals surface area (Å²) < 4.78 is 0. The first kappa shape index (κ1) is 15.8. The lowest BCUT2D eigenvalue weighted by Crippen LogP contribution is -2.37. The number of carbonyl (C=O) groups excluding carboxylic acids is 1. The second kappa shape index (κ2) is 6.92. The Hall–Kier alpha value is -1.58. The van der Waals surface area contributed by atoms with E-state index in [-0.39, 0.29) is 11.9 Å². The molecule has 0 saturated heterocycles. The molecule has 21 heavy (non-hydrogen) atoms. The molecule has 4 heteroatoms. The van der Waals surface area contributed by atoms with Gasteiger partial charge >= 0.3 is 0 Å². The molecule has 1 saturated carbocycles. The van der Waals surface area contributed by atoms with Crippen LogP contribution in [-0.4, -0.2) is 16.9 Å². The molecule has 1 heterocycles. The Morgan fingerprint density at radius 1 is 1.38 bits per heavy atom. The zero-order chi connectivity index (χ0) is 15.4. The quantitative estimate of drug-likeness (QED) is 0.875. The van der Waals surface area contributed by atoms with Gasteiger partial charge in [-0.15, -0.1) is 0 Å². The zero-order valence-corrected chi connectivity index (χ0v) is 13.4. The molecule has 0 aliphatic heterocycles. The van der Waals surface area contributed by atoms with Crippen molar-refractivity contribution in [3.05, 3.63) is 23.4 Å². The number of nitrogens with zero attached hydrogens (tertiary/aromatic N) is 1. The second-order valence-electron chi connectivity index (χ2n) is 6.21. The van der Waals surface area contributed by atoms with Gasteiger partial charge in [-0.05, 0) is 43.2 Å². The Bertz CT molecular complexity index is 501. The number of nitrogens with one attached hydrogen (secondary N) is 1. The van der Waals surface area contributed by atoms with Gasteiger partial charge in [0.1, 0.15) is 5.82 Å². The number of anilines is 1. The monoisotopic (exact) mass is 289 g/mol. The van der Waals surface area contributed by atoms with Crippen LogP contribution in [0.4, 0.5) is 5.82 Å². The van der Waals surface area contributed by atoms with Gasteiger partial charge in [0.15, 0.2) is 0 Å². The Morgan fingerprint density at radius 3 is 2.76 bits per heavy atom. The molecule has 0 spiro atoms. The van der Waals surface area contributed by atoms with Crippen LogP contribution < -0.4 is 11.1 Å². The Labute approximate surface area is 127 Å². The largest absolute Gasteiger partial charge is 0.384 e. The van der Waals surface area contributed by atoms with Crippen LogP contribution >= 0.6 is 0 Å². The predicted molar refractivity (Wildman–Crippen MR) is 86.1 cm³/mol. The third-order valence-electron chi connectivity index (χ3n) is 4.73. The molecule has 4 nitrogen and oxygen atoms in total. The van der Waals surface area contributed by atoms with Gasteiger partial charge in [0.2, 0.25) is 0 Å². The molecule has 1 aromatic rings. The first-order chi connectivity index (χ1) is 10.0. The van der Waals surface area contributed by atoms with E-state index in [1.165, 1.54) is 12.8 Å². The number of pyridine rings is 1. The van der Waals surface area contributed by atoms with E-state index in [1.54, 1.807) is 6.07 Å². The average molecular weight is 289 g/mol. The van der Waals surface area contributed by atoms with E-state index in [2.05, 4.69) is 31.1 Å². The normalized spacial score (nSPS) is 25.0. The van der Waals surface area contributed by atoms with Gasteiger partial charge in [-0.25, -0.2) is 4.98 Å². The van der Waals surface area contributed by atoms with Gasteiger partial charge in [-0.2, -0.15) is 0 Å². The Balaban J connectivity index is 2.07. The van der Waals surface area contributed by atoms with Crippen LogP contribution in [0.15, 0.2) is 12.1 Å². The van der Waals surface area contributed by atoms with Crippen molar-refractivity contribution in [2.75, 3.05) is 5.73 Å². The summed E-state index contributed by atoms with van der Waals surface area (Å²) in [7, 11) is 0. The number of aromatic nitrogens is 1. The highest BCUT2D eigenvalue weighted by atomic mass is 16.1. The van der Waals surface area contributed by atoms with E-state index in [0.717, 1.165) is 30.9 Å². The third kappa shape index (κ3) is 3.74. The standard InChI is InChI=1S/C17H27N3O/c1-4-6-14-9-13(10-16(18)19-14)17(21)20-15-8-7-12(5-2)11(15)3/h9-12,15H,4-8H2,1-3H3,(H2,18,19)(H,20,21). The summed E-state index contributed by atoms with van der Waals surface area (Å²) in [4.78, 5) is 16.7. The van der Waals surface area contributed by atoms with Gasteiger partial charge in [-0.1, -0.05) is 33.6 Å². The van der Waals surface area contributed by atoms with Crippen molar-refractivity contribution in [1.29, 1.82) is 0 Å². The third-order valence-corrected chi connectivity index (χ3v) is 4.73. The number of rotatable bonds is 5. The average Bonchev–Trinajstić information content (AvgIpc) is 2.79. The van der Waals surface area contributed by atoms with E-state index < -0.39 is 0 Å². The van der Waals surface area contributed by atoms with Crippen molar-refractivity contribution in [3.8, 4) is 0 Å². The fourth-order valence-corrected chi connectivity index (χ4v) is 3.41. The lowest BCUT2D eigenvalue weighted by Gasteiger charge is -2.21. The molecule has 1 fully saturated rings. The number of aryl methyl sites for hydroxylation is 1. The molecule has 3 unspecified atom stereocenters. The molecule has 3 atom stereocenters. The molecule has 0 radical (unpaired) electrons. The summed E-state index contributed by atoms with van der Waals surface area (Å²) in [6.07, 6.45) is 5.32. The second-order valence-corrected chi connectivity index (χ2v) is 6.21. The van der Waals surface area contributed by atoms with Gasteiger partial charge in [0.25, 0.3) is 5.91 Å². The van der Waals surface area contributed by atoms with Gasteiger partial charge in [0, 0.05) is 17.3 Å². The maximum absolute atomic E-state index is 12.5. The molecule has 3 N–H and O–H groups in total. The predicted octanol–water partition coefficient (Wildman–Crippen LogP) is 3.17. The van der Waals surface area contributed by atoms with E-state index >= 15 is 0 Å². The smallest absolute Gasteiger partial charge is 0.251 e. The zero-order valence-electron chi connectivity index (χ0n) is 13.4. The van der Waals surface area contributed by atoms with E-state index in [4.69, 9.17) is 5.73 Å². The summed E-state index contributed by atoms with van der Waals surface area (Å²) in [5, 5.41) is 3.18. The number of hydrogen-bond acceptors (Lipinski definition) is 3. The summed E-state index contributed by atoms with van der Waals surface area (Å²) in [5.41, 5.74) is 7.35. The van der Waals surface area contributed by atoms with E-state index in [9.17, 15) is 4.79 Å². The number of amides is 1. The van der Waals surface area contributed by atoms with E-state index in [1.807, 2.05) is 6.07 Å². The highest BCUT2D eigenvalue weighted by Gasteiger charge is 2.32. The van der Waals surface area contributed by atoms with Gasteiger partial charge in [0.05, 0.1) is 0 Å². The fraction of sp³-hybridized carbons (Fsp3) is 0.647. The molecule has 1 aliphatic carbocycles. The number of hydrogen-bond donors (Lipinski definition) is 2. The minimum Gasteiger partial charge on any atom is -0.384 e. The van der Waals surface area contributed by atoms with Crippen molar-refractivity contribution in [2.45, 2.75) is 58.9 Å². The fourth-order valence-electron chi connectivity index (χ4n) is 3.41. The molecule has 0 aromatic carbocycles. The van der Waals surface area contributed by atoms with Crippen LogP contribution in [-0.2, 0) is 6.42 Å². The van der Waals surface area contributed by atoms with Gasteiger partial charge in [-0.3, -0.25) is 4.79 Å². The molecule has 2 rings (SSSR count). The van der Waals surface area contributed by atoms with Crippen LogP contribution in [0.5, 0.6) is 0 Å². The lowest BCUT2D eigenvalue weighted by molar-refractivity contribution is 0.0926. The maximum Gasteiger partial charge on any atom is 0.251 e. The number of carbonyl (C=O) groups is 1. The minimum atomic E-state index is -0.0185. The van der Waals surface area contributed by atoms with Gasteiger partial charge < -0.3 is 11.1 Å². The molecule has 116 valence electrons. The van der Waals surface area contributed by atoms with Crippen molar-refractivity contribution in [2.24, 2.45) is 11.8 Å². The molecular formula is C17H27N3O. The van der Waals surface area contributed by atoms with Crippen molar-refractivity contribution in [1.82, 2.24) is 10.3 Å². The molecule has 0 bridgehead atoms. The van der Waals surface area contributed by atoms with Crippen LogP contribution in [0.3, 0.4) is 0 Å². The van der Waals surface area contributed by atoms with E-state index in [0.29, 0.717) is 17.3 Å². The van der Waals surface area contributed by atoms with Crippen LogP contribution in [0, 0.1) is 11.8 Å². The van der Waals surface area contributed by atoms with Crippen LogP contribution in [0.25, 0.3) is 0 Å². The topological polar surface area (TPSA) is 68.0 Å². The number of nitrogens with two attached hydrogens (primary N) is 1. The first-order valence-electron chi connectivity index (χ1n) is 8.12. The highest BCUT2D eigenvalue weighted by Crippen LogP contribution is 2.34. The minimum absolute atomic E-state index is 0.0185. The Kier molecular flexibility index (Phi) is 5.21. The van der Waals surface area contributed by atoms with Crippen LogP contribution in [0.2, 0.25) is 0 Å². The van der Waals surface area contributed by atoms with Crippen LogP contribution in [0.1, 0.15) is 62.5 Å². The number of nitrogen functional groups attached to an aromatic ring is 1. The lowest BCUT2D eigenvalue weighted by atomic mass is 9.93. The summed E-state index contributed by atoms with van der Waals surface area (Å²) in [6, 6.07) is 3.82. The molecular weight excluding hydrogens is 262 g/mol. The highest BCUT2D eigenvalue weighted by molar-refractivity contribution is 5.95. The Morgan fingerprint density at radius 2 is 2.14 bits per heavy atom. The molecule has 1 aliphatic rings. The van der Waals surface area contributed by atoms with Crippen molar-refractivity contribution < 1.29 is 4.79 Å².